The van der Waals surface area contributed by atoms with Gasteiger partial charge in [-0.1, -0.05) is 42.5 Å². The molecule has 1 fully saturated rings. The van der Waals surface area contributed by atoms with E-state index in [-0.39, 0.29) is 5.91 Å². The fourth-order valence-electron chi connectivity index (χ4n) is 3.23. The summed E-state index contributed by atoms with van der Waals surface area (Å²) in [6.45, 7) is 3.94. The van der Waals surface area contributed by atoms with Gasteiger partial charge in [-0.15, -0.1) is 0 Å². The molecule has 0 unspecified atom stereocenters. The van der Waals surface area contributed by atoms with Crippen LogP contribution in [0.5, 0.6) is 5.75 Å². The highest BCUT2D eigenvalue weighted by Gasteiger charge is 2.31. The van der Waals surface area contributed by atoms with E-state index in [0.29, 0.717) is 19.1 Å². The number of aryl methyl sites for hydroxylation is 1. The zero-order valence-corrected chi connectivity index (χ0v) is 15.9. The summed E-state index contributed by atoms with van der Waals surface area (Å²) >= 11 is 0. The normalized spacial score (nSPS) is 13.7. The Bertz CT molecular complexity index is 755. The number of likely N-dealkylation sites (N-methyl/N-ethyl adjacent to an activating group) is 1. The lowest BCUT2D eigenvalue weighted by Gasteiger charge is -2.26. The van der Waals surface area contributed by atoms with Crippen LogP contribution in [0.4, 0.5) is 0 Å². The van der Waals surface area contributed by atoms with Crippen LogP contribution in [0.2, 0.25) is 0 Å². The predicted octanol–water partition coefficient (Wildman–Crippen LogP) is 3.63. The molecule has 4 heteroatoms. The number of hydrogen-bond donors (Lipinski definition) is 0. The Labute approximate surface area is 156 Å². The number of benzene rings is 2. The molecule has 0 aliphatic heterocycles. The highest BCUT2D eigenvalue weighted by atomic mass is 16.5. The van der Waals surface area contributed by atoms with E-state index < -0.39 is 0 Å². The third kappa shape index (κ3) is 4.64. The summed E-state index contributed by atoms with van der Waals surface area (Å²) in [4.78, 5) is 16.9. The third-order valence-corrected chi connectivity index (χ3v) is 5.06. The van der Waals surface area contributed by atoms with E-state index in [9.17, 15) is 4.79 Å². The Balaban J connectivity index is 1.64. The molecule has 1 aliphatic carbocycles. The van der Waals surface area contributed by atoms with Crippen molar-refractivity contribution >= 4 is 5.91 Å². The fraction of sp³-hybridized carbons (Fsp3) is 0.409. The molecule has 1 saturated carbocycles. The molecule has 2 aromatic rings. The number of carbonyl (C=O) groups is 1. The van der Waals surface area contributed by atoms with Crippen molar-refractivity contribution in [2.24, 2.45) is 0 Å². The van der Waals surface area contributed by atoms with Gasteiger partial charge in [0.2, 0.25) is 5.91 Å². The number of rotatable bonds is 8. The molecular weight excluding hydrogens is 324 g/mol. The minimum absolute atomic E-state index is 0.162. The summed E-state index contributed by atoms with van der Waals surface area (Å²) in [6.07, 6.45) is 2.34. The summed E-state index contributed by atoms with van der Waals surface area (Å²) in [5.41, 5.74) is 3.56. The lowest BCUT2D eigenvalue weighted by Crippen LogP contribution is -2.39. The van der Waals surface area contributed by atoms with Crippen LogP contribution in [-0.4, -0.2) is 42.5 Å². The van der Waals surface area contributed by atoms with Crippen molar-refractivity contribution in [2.45, 2.75) is 38.9 Å². The van der Waals surface area contributed by atoms with Gasteiger partial charge in [-0.2, -0.15) is 0 Å². The van der Waals surface area contributed by atoms with E-state index in [0.717, 1.165) is 17.9 Å². The molecule has 3 rings (SSSR count). The molecular formula is C22H28N2O2. The van der Waals surface area contributed by atoms with Gasteiger partial charge in [0.05, 0.1) is 13.7 Å². The summed E-state index contributed by atoms with van der Waals surface area (Å²) in [5, 5.41) is 0. The molecule has 0 atom stereocenters. The molecule has 138 valence electrons. The van der Waals surface area contributed by atoms with Crippen molar-refractivity contribution in [3.8, 4) is 5.75 Å². The van der Waals surface area contributed by atoms with E-state index in [1.807, 2.05) is 42.3 Å². The van der Waals surface area contributed by atoms with Gasteiger partial charge < -0.3 is 9.64 Å². The van der Waals surface area contributed by atoms with E-state index in [2.05, 4.69) is 30.0 Å². The lowest BCUT2D eigenvalue weighted by molar-refractivity contribution is -0.132. The van der Waals surface area contributed by atoms with Gasteiger partial charge in [0.25, 0.3) is 0 Å². The number of methoxy groups -OCH3 is 1. The van der Waals surface area contributed by atoms with Crippen LogP contribution < -0.4 is 4.74 Å². The molecule has 0 N–H and O–H groups in total. The Morgan fingerprint density at radius 2 is 1.69 bits per heavy atom. The quantitative estimate of drug-likeness (QED) is 0.727. The largest absolute Gasteiger partial charge is 0.496 e. The van der Waals surface area contributed by atoms with Crippen LogP contribution >= 0.6 is 0 Å². The summed E-state index contributed by atoms with van der Waals surface area (Å²) < 4.78 is 5.47. The van der Waals surface area contributed by atoms with Crippen molar-refractivity contribution in [1.29, 1.82) is 0 Å². The van der Waals surface area contributed by atoms with Gasteiger partial charge in [0.1, 0.15) is 5.75 Å². The first kappa shape index (κ1) is 18.5. The second-order valence-corrected chi connectivity index (χ2v) is 7.12. The SMILES string of the molecule is COc1ccccc1CN(CC(=O)N(C)Cc1ccccc1C)C1CC1. The first-order chi connectivity index (χ1) is 12.6. The number of carbonyl (C=O) groups excluding carboxylic acids is 1. The van der Waals surface area contributed by atoms with E-state index in [1.165, 1.54) is 24.0 Å². The number of hydrogen-bond acceptors (Lipinski definition) is 3. The van der Waals surface area contributed by atoms with Gasteiger partial charge in [0, 0.05) is 31.7 Å². The Morgan fingerprint density at radius 1 is 1.04 bits per heavy atom. The maximum absolute atomic E-state index is 12.8. The zero-order valence-electron chi connectivity index (χ0n) is 15.9. The molecule has 2 aromatic carbocycles. The average Bonchev–Trinajstić information content (AvgIpc) is 3.48. The number of nitrogens with zero attached hydrogens (tertiary/aromatic N) is 2. The van der Waals surface area contributed by atoms with Crippen molar-refractivity contribution < 1.29 is 9.53 Å². The molecule has 4 nitrogen and oxygen atoms in total. The first-order valence-electron chi connectivity index (χ1n) is 9.23. The minimum Gasteiger partial charge on any atom is -0.496 e. The van der Waals surface area contributed by atoms with Gasteiger partial charge in [0.15, 0.2) is 0 Å². The van der Waals surface area contributed by atoms with Gasteiger partial charge in [-0.25, -0.2) is 0 Å². The zero-order chi connectivity index (χ0) is 18.5. The van der Waals surface area contributed by atoms with E-state index in [4.69, 9.17) is 4.74 Å². The fourth-order valence-corrected chi connectivity index (χ4v) is 3.23. The highest BCUT2D eigenvalue weighted by Crippen LogP contribution is 2.30. The van der Waals surface area contributed by atoms with Crippen LogP contribution in [0, 0.1) is 6.92 Å². The van der Waals surface area contributed by atoms with Crippen LogP contribution in [0.1, 0.15) is 29.5 Å². The van der Waals surface area contributed by atoms with E-state index in [1.54, 1.807) is 7.11 Å². The monoisotopic (exact) mass is 352 g/mol. The van der Waals surface area contributed by atoms with Gasteiger partial charge >= 0.3 is 0 Å². The van der Waals surface area contributed by atoms with Gasteiger partial charge in [-0.3, -0.25) is 9.69 Å². The van der Waals surface area contributed by atoms with Crippen molar-refractivity contribution in [1.82, 2.24) is 9.80 Å². The highest BCUT2D eigenvalue weighted by molar-refractivity contribution is 5.78. The lowest BCUT2D eigenvalue weighted by atomic mass is 10.1. The molecule has 0 heterocycles. The second kappa shape index (κ2) is 8.37. The van der Waals surface area contributed by atoms with Crippen LogP contribution in [0.15, 0.2) is 48.5 Å². The predicted molar refractivity (Wildman–Crippen MR) is 104 cm³/mol. The molecule has 1 amide bonds. The summed E-state index contributed by atoms with van der Waals surface area (Å²) in [7, 11) is 3.59. The Morgan fingerprint density at radius 3 is 2.35 bits per heavy atom. The molecule has 0 radical (unpaired) electrons. The number of ether oxygens (including phenoxy) is 1. The second-order valence-electron chi connectivity index (χ2n) is 7.12. The van der Waals surface area contributed by atoms with Crippen molar-refractivity contribution in [2.75, 3.05) is 20.7 Å². The number of amides is 1. The Kier molecular flexibility index (Phi) is 5.94. The molecule has 0 spiro atoms. The average molecular weight is 352 g/mol. The smallest absolute Gasteiger partial charge is 0.236 e. The maximum atomic E-state index is 12.8. The molecule has 1 aliphatic rings. The standard InChI is InChI=1S/C22H28N2O2/c1-17-8-4-5-9-18(17)14-23(2)22(25)16-24(20-12-13-20)15-19-10-6-7-11-21(19)26-3/h4-11,20H,12-16H2,1-3H3. The Hall–Kier alpha value is -2.33. The molecule has 0 bridgehead atoms. The molecule has 0 saturated heterocycles. The maximum Gasteiger partial charge on any atom is 0.236 e. The first-order valence-corrected chi connectivity index (χ1v) is 9.23. The topological polar surface area (TPSA) is 32.8 Å². The van der Waals surface area contributed by atoms with E-state index >= 15 is 0 Å². The summed E-state index contributed by atoms with van der Waals surface area (Å²) in [5.74, 6) is 1.05. The van der Waals surface area contributed by atoms with Crippen LogP contribution in [-0.2, 0) is 17.9 Å². The van der Waals surface area contributed by atoms with Crippen molar-refractivity contribution in [3.05, 3.63) is 65.2 Å². The van der Waals surface area contributed by atoms with Crippen molar-refractivity contribution in [3.63, 3.8) is 0 Å². The van der Waals surface area contributed by atoms with Crippen LogP contribution in [0.25, 0.3) is 0 Å². The third-order valence-electron chi connectivity index (χ3n) is 5.06. The molecule has 0 aromatic heterocycles. The number of para-hydroxylation sites is 1. The molecule has 26 heavy (non-hydrogen) atoms. The summed E-state index contributed by atoms with van der Waals surface area (Å²) in [6, 6.07) is 16.8. The van der Waals surface area contributed by atoms with Crippen LogP contribution in [0.3, 0.4) is 0 Å². The minimum atomic E-state index is 0.162. The van der Waals surface area contributed by atoms with Gasteiger partial charge in [-0.05, 0) is 37.0 Å².